The van der Waals surface area contributed by atoms with Crippen LogP contribution in [0.25, 0.3) is 0 Å². The number of carbonyl (C=O) groups is 2. The van der Waals surface area contributed by atoms with Gasteiger partial charge in [0, 0.05) is 31.7 Å². The molecule has 0 radical (unpaired) electrons. The molecule has 2 N–H and O–H groups in total. The van der Waals surface area contributed by atoms with Crippen LogP contribution < -0.4 is 10.6 Å². The Kier molecular flexibility index (Phi) is 7.82. The largest absolute Gasteiger partial charge is 0.352 e. The molecule has 1 unspecified atom stereocenters. The Labute approximate surface area is 173 Å². The number of hydrogen-bond acceptors (Lipinski definition) is 3. The highest BCUT2D eigenvalue weighted by molar-refractivity contribution is 5.90. The Bertz CT molecular complexity index is 807. The zero-order valence-corrected chi connectivity index (χ0v) is 17.2. The third-order valence-electron chi connectivity index (χ3n) is 5.28. The van der Waals surface area contributed by atoms with Crippen LogP contribution in [0.5, 0.6) is 0 Å². The lowest BCUT2D eigenvalue weighted by Crippen LogP contribution is -2.42. The first-order valence-corrected chi connectivity index (χ1v) is 10.6. The van der Waals surface area contributed by atoms with E-state index in [1.54, 1.807) is 0 Å². The van der Waals surface area contributed by atoms with Gasteiger partial charge in [0.15, 0.2) is 0 Å². The molecule has 2 aromatic carbocycles. The fraction of sp³-hybridized carbons (Fsp3) is 0.417. The second-order valence-corrected chi connectivity index (χ2v) is 7.78. The topological polar surface area (TPSA) is 61.4 Å². The normalized spacial score (nSPS) is 16.9. The highest BCUT2D eigenvalue weighted by atomic mass is 16.2. The molecule has 0 spiro atoms. The predicted molar refractivity (Wildman–Crippen MR) is 116 cm³/mol. The van der Waals surface area contributed by atoms with E-state index in [0.717, 1.165) is 50.1 Å². The number of amides is 2. The molecule has 3 rings (SSSR count). The Morgan fingerprint density at radius 1 is 1.07 bits per heavy atom. The summed E-state index contributed by atoms with van der Waals surface area (Å²) in [4.78, 5) is 26.9. The molecule has 1 aliphatic heterocycles. The summed E-state index contributed by atoms with van der Waals surface area (Å²) in [6.07, 6.45) is 3.32. The Hall–Kier alpha value is -2.66. The summed E-state index contributed by atoms with van der Waals surface area (Å²) in [6, 6.07) is 18.1. The Morgan fingerprint density at radius 3 is 2.66 bits per heavy atom. The van der Waals surface area contributed by atoms with Crippen LogP contribution in [0.2, 0.25) is 0 Å². The highest BCUT2D eigenvalue weighted by Gasteiger charge is 2.25. The zero-order valence-electron chi connectivity index (χ0n) is 17.2. The molecule has 5 nitrogen and oxygen atoms in total. The van der Waals surface area contributed by atoms with E-state index in [-0.39, 0.29) is 17.7 Å². The second-order valence-electron chi connectivity index (χ2n) is 7.78. The maximum absolute atomic E-state index is 12.7. The molecule has 1 heterocycles. The van der Waals surface area contributed by atoms with E-state index in [4.69, 9.17) is 0 Å². The van der Waals surface area contributed by atoms with Crippen molar-refractivity contribution in [2.75, 3.05) is 18.4 Å². The number of anilines is 1. The molecule has 1 aliphatic rings. The van der Waals surface area contributed by atoms with Crippen molar-refractivity contribution >= 4 is 17.5 Å². The van der Waals surface area contributed by atoms with E-state index in [0.29, 0.717) is 13.0 Å². The number of rotatable bonds is 8. The summed E-state index contributed by atoms with van der Waals surface area (Å²) < 4.78 is 0. The SMILES string of the molecule is CCCC(=O)Nc1cccc(CNC(=O)C2CCCN(Cc3ccccc3)C2)c1. The van der Waals surface area contributed by atoms with Gasteiger partial charge < -0.3 is 10.6 Å². The third kappa shape index (κ3) is 6.71. The molecular formula is C24H31N3O2. The van der Waals surface area contributed by atoms with Crippen molar-refractivity contribution < 1.29 is 9.59 Å². The lowest BCUT2D eigenvalue weighted by atomic mass is 9.96. The summed E-state index contributed by atoms with van der Waals surface area (Å²) in [5.41, 5.74) is 3.06. The average molecular weight is 394 g/mol. The van der Waals surface area contributed by atoms with Gasteiger partial charge in [-0.25, -0.2) is 0 Å². The van der Waals surface area contributed by atoms with Gasteiger partial charge in [0.25, 0.3) is 0 Å². The number of carbonyl (C=O) groups excluding carboxylic acids is 2. The average Bonchev–Trinajstić information content (AvgIpc) is 2.73. The van der Waals surface area contributed by atoms with Gasteiger partial charge >= 0.3 is 0 Å². The van der Waals surface area contributed by atoms with Crippen LogP contribution in [-0.4, -0.2) is 29.8 Å². The van der Waals surface area contributed by atoms with E-state index in [1.807, 2.05) is 37.3 Å². The number of nitrogens with one attached hydrogen (secondary N) is 2. The van der Waals surface area contributed by atoms with Gasteiger partial charge in [-0.3, -0.25) is 14.5 Å². The Morgan fingerprint density at radius 2 is 1.86 bits per heavy atom. The maximum atomic E-state index is 12.7. The summed E-state index contributed by atoms with van der Waals surface area (Å²) in [5.74, 6) is 0.164. The first-order valence-electron chi connectivity index (χ1n) is 10.6. The Balaban J connectivity index is 1.49. The van der Waals surface area contributed by atoms with Crippen molar-refractivity contribution in [2.24, 2.45) is 5.92 Å². The summed E-state index contributed by atoms with van der Waals surface area (Å²) in [7, 11) is 0. The van der Waals surface area contributed by atoms with Crippen LogP contribution in [0.3, 0.4) is 0 Å². The van der Waals surface area contributed by atoms with Gasteiger partial charge in [-0.1, -0.05) is 49.4 Å². The third-order valence-corrected chi connectivity index (χ3v) is 5.28. The monoisotopic (exact) mass is 393 g/mol. The van der Waals surface area contributed by atoms with Gasteiger partial charge in [0.05, 0.1) is 5.92 Å². The molecule has 2 aromatic rings. The predicted octanol–water partition coefficient (Wildman–Crippen LogP) is 3.95. The van der Waals surface area contributed by atoms with E-state index >= 15 is 0 Å². The summed E-state index contributed by atoms with van der Waals surface area (Å²) in [6.45, 7) is 5.19. The van der Waals surface area contributed by atoms with Crippen LogP contribution in [0.1, 0.15) is 43.7 Å². The smallest absolute Gasteiger partial charge is 0.224 e. The van der Waals surface area contributed by atoms with Crippen molar-refractivity contribution in [2.45, 2.75) is 45.7 Å². The van der Waals surface area contributed by atoms with Crippen molar-refractivity contribution in [3.8, 4) is 0 Å². The molecule has 0 aromatic heterocycles. The molecule has 0 saturated carbocycles. The molecular weight excluding hydrogens is 362 g/mol. The van der Waals surface area contributed by atoms with Crippen molar-refractivity contribution in [1.82, 2.24) is 10.2 Å². The van der Waals surface area contributed by atoms with Gasteiger partial charge in [0.2, 0.25) is 11.8 Å². The molecule has 0 bridgehead atoms. The number of benzene rings is 2. The molecule has 1 atom stereocenters. The fourth-order valence-corrected chi connectivity index (χ4v) is 3.80. The molecule has 1 saturated heterocycles. The molecule has 29 heavy (non-hydrogen) atoms. The van der Waals surface area contributed by atoms with Crippen LogP contribution in [0.15, 0.2) is 54.6 Å². The number of likely N-dealkylation sites (tertiary alicyclic amines) is 1. The first kappa shape index (κ1) is 21.1. The summed E-state index contributed by atoms with van der Waals surface area (Å²) in [5, 5.41) is 5.99. The number of hydrogen-bond donors (Lipinski definition) is 2. The minimum absolute atomic E-state index is 0.0226. The van der Waals surface area contributed by atoms with Gasteiger partial charge in [-0.15, -0.1) is 0 Å². The number of nitrogens with zero attached hydrogens (tertiary/aromatic N) is 1. The van der Waals surface area contributed by atoms with Crippen LogP contribution >= 0.6 is 0 Å². The van der Waals surface area contributed by atoms with E-state index in [9.17, 15) is 9.59 Å². The number of piperidine rings is 1. The van der Waals surface area contributed by atoms with Crippen molar-refractivity contribution in [3.05, 3.63) is 65.7 Å². The minimum Gasteiger partial charge on any atom is -0.352 e. The standard InChI is InChI=1S/C24H31N3O2/c1-2-8-23(28)26-22-13-6-11-20(15-22)16-25-24(29)21-12-7-14-27(18-21)17-19-9-4-3-5-10-19/h3-6,9-11,13,15,21H,2,7-8,12,14,16-18H2,1H3,(H,25,29)(H,26,28). The molecule has 154 valence electrons. The zero-order chi connectivity index (χ0) is 20.5. The van der Waals surface area contributed by atoms with E-state index in [2.05, 4.69) is 39.8 Å². The lowest BCUT2D eigenvalue weighted by Gasteiger charge is -2.32. The van der Waals surface area contributed by atoms with E-state index in [1.165, 1.54) is 5.56 Å². The fourth-order valence-electron chi connectivity index (χ4n) is 3.80. The highest BCUT2D eigenvalue weighted by Crippen LogP contribution is 2.19. The molecule has 5 heteroatoms. The van der Waals surface area contributed by atoms with Crippen LogP contribution in [-0.2, 0) is 22.7 Å². The van der Waals surface area contributed by atoms with Gasteiger partial charge in [-0.05, 0) is 49.1 Å². The second kappa shape index (κ2) is 10.8. The van der Waals surface area contributed by atoms with Gasteiger partial charge in [-0.2, -0.15) is 0 Å². The van der Waals surface area contributed by atoms with Crippen molar-refractivity contribution in [1.29, 1.82) is 0 Å². The first-order chi connectivity index (χ1) is 14.1. The van der Waals surface area contributed by atoms with Crippen LogP contribution in [0, 0.1) is 5.92 Å². The van der Waals surface area contributed by atoms with Crippen LogP contribution in [0.4, 0.5) is 5.69 Å². The van der Waals surface area contributed by atoms with Crippen molar-refractivity contribution in [3.63, 3.8) is 0 Å². The molecule has 1 fully saturated rings. The minimum atomic E-state index is 0.0226. The quantitative estimate of drug-likeness (QED) is 0.714. The molecule has 0 aliphatic carbocycles. The van der Waals surface area contributed by atoms with Gasteiger partial charge in [0.1, 0.15) is 0 Å². The van der Waals surface area contributed by atoms with E-state index < -0.39 is 0 Å². The summed E-state index contributed by atoms with van der Waals surface area (Å²) >= 11 is 0. The molecule has 2 amide bonds. The lowest BCUT2D eigenvalue weighted by molar-refractivity contribution is -0.127. The maximum Gasteiger partial charge on any atom is 0.224 e.